The highest BCUT2D eigenvalue weighted by Gasteiger charge is 2.41. The van der Waals surface area contributed by atoms with E-state index < -0.39 is 40.2 Å². The molecule has 1 fully saturated rings. The molecule has 16 heteroatoms. The second-order valence-electron chi connectivity index (χ2n) is 14.8. The number of pyridine rings is 1. The van der Waals surface area contributed by atoms with Crippen molar-refractivity contribution in [3.63, 3.8) is 0 Å². The Labute approximate surface area is 336 Å². The summed E-state index contributed by atoms with van der Waals surface area (Å²) in [6.07, 6.45) is 0.203. The van der Waals surface area contributed by atoms with E-state index in [0.717, 1.165) is 5.56 Å². The van der Waals surface area contributed by atoms with Gasteiger partial charge in [0.15, 0.2) is 0 Å². The normalized spacial score (nSPS) is 15.6. The standard InChI is InChI=1S/C41H57N7O8S/c1-7-30(5)38(48-22-21-46(40(48)51)27-34-16-12-15-33(43-34)26-45(6)41(52)56-8-2)39(50)44-36(23-31-13-10-9-11-14-31)37(49)28-47(25-29(3)4)57(54,55)35-19-17-32(18-20-35)24-42-53/h9-20,24,29-30,36-38,49,53H,7-8,21-23,25-28H2,1-6H3,(H,44,50)/b42-24+/t30-,36-,37+,38-/m0/s1. The lowest BCUT2D eigenvalue weighted by atomic mass is 9.95. The summed E-state index contributed by atoms with van der Waals surface area (Å²) in [5, 5.41) is 26.8. The molecule has 0 unspecified atom stereocenters. The number of oxime groups is 1. The smallest absolute Gasteiger partial charge is 0.409 e. The molecule has 57 heavy (non-hydrogen) atoms. The lowest BCUT2D eigenvalue weighted by molar-refractivity contribution is -0.128. The number of sulfonamides is 1. The number of ether oxygens (including phenoxy) is 1. The number of carbonyl (C=O) groups is 3. The van der Waals surface area contributed by atoms with Crippen LogP contribution in [-0.4, -0.2) is 125 Å². The highest BCUT2D eigenvalue weighted by molar-refractivity contribution is 7.89. The summed E-state index contributed by atoms with van der Waals surface area (Å²) in [5.41, 5.74) is 2.60. The van der Waals surface area contributed by atoms with Gasteiger partial charge in [-0.1, -0.05) is 87.8 Å². The molecule has 0 radical (unpaired) electrons. The monoisotopic (exact) mass is 807 g/mol. The Morgan fingerprint density at radius 1 is 0.982 bits per heavy atom. The van der Waals surface area contributed by atoms with Crippen LogP contribution in [0.5, 0.6) is 0 Å². The molecule has 0 bridgehead atoms. The molecule has 0 aliphatic carbocycles. The van der Waals surface area contributed by atoms with Crippen molar-refractivity contribution in [2.75, 3.05) is 39.8 Å². The van der Waals surface area contributed by atoms with Gasteiger partial charge in [-0.25, -0.2) is 18.0 Å². The van der Waals surface area contributed by atoms with Crippen molar-refractivity contribution in [3.8, 4) is 0 Å². The van der Waals surface area contributed by atoms with Crippen molar-refractivity contribution in [1.29, 1.82) is 0 Å². The average Bonchev–Trinajstić information content (AvgIpc) is 3.53. The molecule has 4 atom stereocenters. The number of aromatic nitrogens is 1. The van der Waals surface area contributed by atoms with Gasteiger partial charge in [-0.05, 0) is 60.6 Å². The Kier molecular flexibility index (Phi) is 16.4. The Morgan fingerprint density at radius 3 is 2.30 bits per heavy atom. The summed E-state index contributed by atoms with van der Waals surface area (Å²) in [6.45, 7) is 10.5. The van der Waals surface area contributed by atoms with Crippen molar-refractivity contribution < 1.29 is 37.9 Å². The minimum atomic E-state index is -4.09. The first-order valence-electron chi connectivity index (χ1n) is 19.4. The number of aliphatic hydroxyl groups is 1. The summed E-state index contributed by atoms with van der Waals surface area (Å²) in [6, 6.07) is 18.5. The van der Waals surface area contributed by atoms with Crippen LogP contribution in [0.1, 0.15) is 63.6 Å². The summed E-state index contributed by atoms with van der Waals surface area (Å²) in [7, 11) is -2.47. The maximum Gasteiger partial charge on any atom is 0.409 e. The molecule has 310 valence electrons. The summed E-state index contributed by atoms with van der Waals surface area (Å²) >= 11 is 0. The van der Waals surface area contributed by atoms with Crippen LogP contribution in [0.25, 0.3) is 0 Å². The summed E-state index contributed by atoms with van der Waals surface area (Å²) < 4.78 is 34.2. The first kappa shape index (κ1) is 44.7. The first-order valence-corrected chi connectivity index (χ1v) is 20.8. The van der Waals surface area contributed by atoms with E-state index >= 15 is 0 Å². The van der Waals surface area contributed by atoms with Gasteiger partial charge in [-0.3, -0.25) is 9.78 Å². The molecule has 1 aliphatic heterocycles. The number of aliphatic hydroxyl groups excluding tert-OH is 1. The van der Waals surface area contributed by atoms with Crippen molar-refractivity contribution >= 4 is 34.3 Å². The second-order valence-corrected chi connectivity index (χ2v) is 16.7. The zero-order chi connectivity index (χ0) is 41.7. The van der Waals surface area contributed by atoms with Crippen molar-refractivity contribution in [2.24, 2.45) is 17.0 Å². The molecule has 1 aliphatic rings. The van der Waals surface area contributed by atoms with E-state index in [9.17, 15) is 27.9 Å². The molecule has 1 aromatic heterocycles. The highest BCUT2D eigenvalue weighted by Crippen LogP contribution is 2.24. The van der Waals surface area contributed by atoms with Crippen molar-refractivity contribution in [1.82, 2.24) is 29.3 Å². The molecule has 2 aromatic carbocycles. The van der Waals surface area contributed by atoms with Crippen LogP contribution < -0.4 is 5.32 Å². The molecule has 4 amide bonds. The Balaban J connectivity index is 1.55. The largest absolute Gasteiger partial charge is 0.450 e. The van der Waals surface area contributed by atoms with E-state index in [1.807, 2.05) is 70.2 Å². The molecule has 3 aromatic rings. The fourth-order valence-electron chi connectivity index (χ4n) is 6.75. The number of nitrogens with one attached hydrogen (secondary N) is 1. The molecule has 1 saturated heterocycles. The van der Waals surface area contributed by atoms with Crippen LogP contribution in [0, 0.1) is 11.8 Å². The number of hydrogen-bond donors (Lipinski definition) is 3. The minimum absolute atomic E-state index is 0.00829. The topological polar surface area (TPSA) is 185 Å². The lowest BCUT2D eigenvalue weighted by Crippen LogP contribution is -2.57. The van der Waals surface area contributed by atoms with Gasteiger partial charge in [-0.2, -0.15) is 4.31 Å². The highest BCUT2D eigenvalue weighted by atomic mass is 32.2. The average molecular weight is 808 g/mol. The third kappa shape index (κ3) is 12.2. The van der Waals surface area contributed by atoms with Crippen LogP contribution in [0.2, 0.25) is 0 Å². The predicted octanol–water partition coefficient (Wildman–Crippen LogP) is 4.57. The van der Waals surface area contributed by atoms with Crippen LogP contribution in [0.15, 0.2) is 82.8 Å². The Hall–Kier alpha value is -5.06. The number of nitrogens with zero attached hydrogens (tertiary/aromatic N) is 6. The van der Waals surface area contributed by atoms with Gasteiger partial charge in [-0.15, -0.1) is 0 Å². The number of benzene rings is 2. The molecule has 0 saturated carbocycles. The minimum Gasteiger partial charge on any atom is -0.450 e. The number of hydrogen-bond acceptors (Lipinski definition) is 10. The van der Waals surface area contributed by atoms with Gasteiger partial charge >= 0.3 is 12.1 Å². The van der Waals surface area contributed by atoms with Crippen LogP contribution in [0.3, 0.4) is 0 Å². The first-order chi connectivity index (χ1) is 27.2. The van der Waals surface area contributed by atoms with Gasteiger partial charge in [0.2, 0.25) is 15.9 Å². The van der Waals surface area contributed by atoms with Gasteiger partial charge in [0.25, 0.3) is 0 Å². The third-order valence-electron chi connectivity index (χ3n) is 9.89. The van der Waals surface area contributed by atoms with E-state index in [1.54, 1.807) is 29.8 Å². The molecular formula is C41H57N7O8S. The third-order valence-corrected chi connectivity index (χ3v) is 11.7. The molecule has 15 nitrogen and oxygen atoms in total. The molecule has 2 heterocycles. The van der Waals surface area contributed by atoms with Crippen LogP contribution in [0.4, 0.5) is 9.59 Å². The molecule has 3 N–H and O–H groups in total. The van der Waals surface area contributed by atoms with Gasteiger partial charge in [0.1, 0.15) is 6.04 Å². The number of amides is 4. The van der Waals surface area contributed by atoms with Gasteiger partial charge < -0.3 is 35.1 Å². The van der Waals surface area contributed by atoms with E-state index in [1.165, 1.54) is 39.7 Å². The quantitative estimate of drug-likeness (QED) is 0.0837. The van der Waals surface area contributed by atoms with E-state index in [0.29, 0.717) is 36.5 Å². The maximum absolute atomic E-state index is 14.4. The zero-order valence-corrected chi connectivity index (χ0v) is 34.5. The van der Waals surface area contributed by atoms with E-state index in [4.69, 9.17) is 9.94 Å². The van der Waals surface area contributed by atoms with E-state index in [-0.39, 0.29) is 62.0 Å². The number of carbonyl (C=O) groups excluding carboxylic acids is 3. The molecule has 0 spiro atoms. The number of urea groups is 1. The van der Waals surface area contributed by atoms with Gasteiger partial charge in [0, 0.05) is 33.2 Å². The lowest BCUT2D eigenvalue weighted by Gasteiger charge is -2.35. The number of rotatable bonds is 20. The maximum atomic E-state index is 14.4. The van der Waals surface area contributed by atoms with Crippen LogP contribution in [-0.2, 0) is 39.1 Å². The fraction of sp³-hybridized carbons (Fsp3) is 0.488. The summed E-state index contributed by atoms with van der Waals surface area (Å²) in [5.74, 6) is -0.779. The van der Waals surface area contributed by atoms with E-state index in [2.05, 4.69) is 15.5 Å². The molecular weight excluding hydrogens is 751 g/mol. The fourth-order valence-corrected chi connectivity index (χ4v) is 8.38. The van der Waals surface area contributed by atoms with Crippen molar-refractivity contribution in [2.45, 2.75) is 83.6 Å². The summed E-state index contributed by atoms with van der Waals surface area (Å²) in [4.78, 5) is 49.8. The SMILES string of the molecule is CCOC(=O)N(C)Cc1cccc(CN2CCN([C@H](C(=O)N[C@@H](Cc3ccccc3)[C@H](O)CN(CC(C)C)S(=O)(=O)c3ccc(/C=N/O)cc3)[C@@H](C)CC)C2=O)n1. The van der Waals surface area contributed by atoms with Crippen LogP contribution >= 0.6 is 0 Å². The second kappa shape index (κ2) is 20.9. The molecule has 4 rings (SSSR count). The Bertz CT molecular complexity index is 1910. The predicted molar refractivity (Wildman–Crippen MR) is 216 cm³/mol. The van der Waals surface area contributed by atoms with Crippen molar-refractivity contribution in [3.05, 3.63) is 95.3 Å². The van der Waals surface area contributed by atoms with Gasteiger partial charge in [0.05, 0.1) is 54.3 Å². The zero-order valence-electron chi connectivity index (χ0n) is 33.7. The Morgan fingerprint density at radius 2 is 1.67 bits per heavy atom.